The summed E-state index contributed by atoms with van der Waals surface area (Å²) in [7, 11) is 0. The number of amides is 1. The zero-order chi connectivity index (χ0) is 15.5. The van der Waals surface area contributed by atoms with Crippen molar-refractivity contribution in [2.45, 2.75) is 52.2 Å². The molecule has 5 heteroatoms. The predicted molar refractivity (Wildman–Crippen MR) is 84.4 cm³/mol. The van der Waals surface area contributed by atoms with Crippen LogP contribution in [-0.2, 0) is 4.74 Å². The number of carbonyl (C=O) groups excluding carboxylic acids is 1. The van der Waals surface area contributed by atoms with Gasteiger partial charge in [-0.3, -0.25) is 4.90 Å². The molecule has 1 atom stereocenters. The molecule has 2 rings (SSSR count). The summed E-state index contributed by atoms with van der Waals surface area (Å²) in [4.78, 5) is 16.6. The molecule has 21 heavy (non-hydrogen) atoms. The standard InChI is InChI=1S/C16H31N3O2/c1-13-11-18(12-14-5-7-17-8-6-14)9-10-19(13)15(20)21-16(2,3)4/h13-14,17H,5-12H2,1-4H3/t13-/m1/s1. The normalized spacial score (nSPS) is 25.9. The maximum absolute atomic E-state index is 12.2. The molecule has 5 nitrogen and oxygen atoms in total. The molecule has 0 aliphatic carbocycles. The fraction of sp³-hybridized carbons (Fsp3) is 0.938. The lowest BCUT2D eigenvalue weighted by Gasteiger charge is -2.41. The lowest BCUT2D eigenvalue weighted by Crippen LogP contribution is -2.55. The molecule has 0 aromatic carbocycles. The zero-order valence-electron chi connectivity index (χ0n) is 14.0. The summed E-state index contributed by atoms with van der Waals surface area (Å²) < 4.78 is 5.49. The SMILES string of the molecule is C[C@@H]1CN(CC2CCNCC2)CCN1C(=O)OC(C)(C)C. The van der Waals surface area contributed by atoms with Crippen LogP contribution in [0.25, 0.3) is 0 Å². The molecule has 0 bridgehead atoms. The van der Waals surface area contributed by atoms with Gasteiger partial charge in [0.1, 0.15) is 5.60 Å². The van der Waals surface area contributed by atoms with Crippen LogP contribution in [0.3, 0.4) is 0 Å². The zero-order valence-corrected chi connectivity index (χ0v) is 14.0. The van der Waals surface area contributed by atoms with E-state index in [4.69, 9.17) is 4.74 Å². The fourth-order valence-corrected chi connectivity index (χ4v) is 3.22. The highest BCUT2D eigenvalue weighted by atomic mass is 16.6. The van der Waals surface area contributed by atoms with Crippen molar-refractivity contribution in [3.8, 4) is 0 Å². The van der Waals surface area contributed by atoms with Crippen LogP contribution in [0, 0.1) is 5.92 Å². The van der Waals surface area contributed by atoms with Crippen LogP contribution < -0.4 is 5.32 Å². The Labute approximate surface area is 129 Å². The van der Waals surface area contributed by atoms with E-state index in [-0.39, 0.29) is 12.1 Å². The van der Waals surface area contributed by atoms with Crippen molar-refractivity contribution >= 4 is 6.09 Å². The predicted octanol–water partition coefficient (Wildman–Crippen LogP) is 1.93. The van der Waals surface area contributed by atoms with Crippen LogP contribution in [0.2, 0.25) is 0 Å². The molecule has 0 aromatic heterocycles. The van der Waals surface area contributed by atoms with E-state index in [0.29, 0.717) is 0 Å². The van der Waals surface area contributed by atoms with Gasteiger partial charge in [-0.1, -0.05) is 0 Å². The van der Waals surface area contributed by atoms with Gasteiger partial charge in [0.2, 0.25) is 0 Å². The molecule has 0 spiro atoms. The van der Waals surface area contributed by atoms with Gasteiger partial charge >= 0.3 is 6.09 Å². The van der Waals surface area contributed by atoms with Crippen molar-refractivity contribution in [3.05, 3.63) is 0 Å². The fourth-order valence-electron chi connectivity index (χ4n) is 3.22. The Bertz CT molecular complexity index is 348. The second-order valence-electron chi connectivity index (χ2n) is 7.48. The van der Waals surface area contributed by atoms with Crippen LogP contribution >= 0.6 is 0 Å². The minimum absolute atomic E-state index is 0.170. The first kappa shape index (κ1) is 16.6. The van der Waals surface area contributed by atoms with Gasteiger partial charge in [0, 0.05) is 32.2 Å². The van der Waals surface area contributed by atoms with E-state index in [1.807, 2.05) is 25.7 Å². The second kappa shape index (κ2) is 6.97. The van der Waals surface area contributed by atoms with Crippen LogP contribution in [0.15, 0.2) is 0 Å². The van der Waals surface area contributed by atoms with E-state index < -0.39 is 5.60 Å². The Balaban J connectivity index is 1.79. The van der Waals surface area contributed by atoms with Gasteiger partial charge in [-0.2, -0.15) is 0 Å². The molecule has 2 saturated heterocycles. The smallest absolute Gasteiger partial charge is 0.410 e. The number of nitrogens with zero attached hydrogens (tertiary/aromatic N) is 2. The number of piperidine rings is 1. The van der Waals surface area contributed by atoms with E-state index in [0.717, 1.165) is 38.6 Å². The van der Waals surface area contributed by atoms with Crippen LogP contribution in [0.4, 0.5) is 4.79 Å². The Morgan fingerprint density at radius 3 is 2.48 bits per heavy atom. The van der Waals surface area contributed by atoms with Crippen molar-refractivity contribution in [2.75, 3.05) is 39.3 Å². The van der Waals surface area contributed by atoms with Crippen molar-refractivity contribution < 1.29 is 9.53 Å². The Kier molecular flexibility index (Phi) is 5.49. The van der Waals surface area contributed by atoms with Crippen molar-refractivity contribution in [1.82, 2.24) is 15.1 Å². The van der Waals surface area contributed by atoms with Gasteiger partial charge < -0.3 is 15.0 Å². The van der Waals surface area contributed by atoms with Gasteiger partial charge in [0.05, 0.1) is 0 Å². The number of piperazine rings is 1. The summed E-state index contributed by atoms with van der Waals surface area (Å²) in [6.45, 7) is 14.1. The number of hydrogen-bond acceptors (Lipinski definition) is 4. The Morgan fingerprint density at radius 1 is 1.24 bits per heavy atom. The van der Waals surface area contributed by atoms with E-state index in [1.165, 1.54) is 19.4 Å². The van der Waals surface area contributed by atoms with Gasteiger partial charge in [0.25, 0.3) is 0 Å². The van der Waals surface area contributed by atoms with Gasteiger partial charge in [-0.05, 0) is 59.5 Å². The molecule has 2 aliphatic heterocycles. The molecule has 0 radical (unpaired) electrons. The average molecular weight is 297 g/mol. The molecular weight excluding hydrogens is 266 g/mol. The summed E-state index contributed by atoms with van der Waals surface area (Å²) in [6.07, 6.45) is 2.39. The third kappa shape index (κ3) is 5.15. The molecule has 1 amide bonds. The molecule has 1 N–H and O–H groups in total. The van der Waals surface area contributed by atoms with Gasteiger partial charge in [0.15, 0.2) is 0 Å². The van der Waals surface area contributed by atoms with E-state index in [1.54, 1.807) is 0 Å². The minimum Gasteiger partial charge on any atom is -0.444 e. The number of carbonyl (C=O) groups is 1. The third-order valence-electron chi connectivity index (χ3n) is 4.31. The van der Waals surface area contributed by atoms with Crippen LogP contribution in [-0.4, -0.2) is 66.8 Å². The van der Waals surface area contributed by atoms with Gasteiger partial charge in [-0.25, -0.2) is 4.79 Å². The van der Waals surface area contributed by atoms with Crippen molar-refractivity contribution in [2.24, 2.45) is 5.92 Å². The topological polar surface area (TPSA) is 44.8 Å². The highest BCUT2D eigenvalue weighted by molar-refractivity contribution is 5.68. The maximum atomic E-state index is 12.2. The van der Waals surface area contributed by atoms with Crippen molar-refractivity contribution in [3.63, 3.8) is 0 Å². The van der Waals surface area contributed by atoms with Crippen LogP contribution in [0.5, 0.6) is 0 Å². The molecule has 2 aliphatic rings. The second-order valence-corrected chi connectivity index (χ2v) is 7.48. The van der Waals surface area contributed by atoms with Crippen LogP contribution in [0.1, 0.15) is 40.5 Å². The summed E-state index contributed by atoms with van der Waals surface area (Å²) in [5.74, 6) is 0.812. The quantitative estimate of drug-likeness (QED) is 0.846. The first-order valence-electron chi connectivity index (χ1n) is 8.28. The molecule has 0 unspecified atom stereocenters. The Morgan fingerprint density at radius 2 is 1.90 bits per heavy atom. The van der Waals surface area contributed by atoms with E-state index >= 15 is 0 Å². The average Bonchev–Trinajstić information content (AvgIpc) is 2.37. The minimum atomic E-state index is -0.414. The summed E-state index contributed by atoms with van der Waals surface area (Å²) in [6, 6.07) is 0.232. The van der Waals surface area contributed by atoms with E-state index in [9.17, 15) is 4.79 Å². The molecule has 2 heterocycles. The summed E-state index contributed by atoms with van der Waals surface area (Å²) in [5, 5.41) is 3.42. The monoisotopic (exact) mass is 297 g/mol. The number of hydrogen-bond donors (Lipinski definition) is 1. The molecule has 0 saturated carbocycles. The maximum Gasteiger partial charge on any atom is 0.410 e. The molecule has 0 aromatic rings. The lowest BCUT2D eigenvalue weighted by molar-refractivity contribution is -0.000687. The number of ether oxygens (including phenoxy) is 1. The Hall–Kier alpha value is -0.810. The van der Waals surface area contributed by atoms with Crippen molar-refractivity contribution in [1.29, 1.82) is 0 Å². The first-order chi connectivity index (χ1) is 9.85. The number of nitrogens with one attached hydrogen (secondary N) is 1. The number of rotatable bonds is 2. The largest absolute Gasteiger partial charge is 0.444 e. The molecular formula is C16H31N3O2. The highest BCUT2D eigenvalue weighted by Gasteiger charge is 2.31. The molecule has 122 valence electrons. The lowest BCUT2D eigenvalue weighted by atomic mass is 9.97. The van der Waals surface area contributed by atoms with Gasteiger partial charge in [-0.15, -0.1) is 0 Å². The summed E-state index contributed by atoms with van der Waals surface area (Å²) >= 11 is 0. The first-order valence-corrected chi connectivity index (χ1v) is 8.28. The van der Waals surface area contributed by atoms with E-state index in [2.05, 4.69) is 17.1 Å². The molecule has 2 fully saturated rings. The summed E-state index contributed by atoms with van der Waals surface area (Å²) in [5.41, 5.74) is -0.414. The third-order valence-corrected chi connectivity index (χ3v) is 4.31. The highest BCUT2D eigenvalue weighted by Crippen LogP contribution is 2.19.